The van der Waals surface area contributed by atoms with Gasteiger partial charge in [-0.25, -0.2) is 0 Å². The Morgan fingerprint density at radius 3 is 1.45 bits per heavy atom. The Kier molecular flexibility index (Phi) is 3.41. The SMILES string of the molecule is [2H]C(=C1CCCCC1=C([2H])c1ccccc1)c1ccccc1. The zero-order valence-corrected chi connectivity index (χ0v) is 11.6. The molecule has 100 valence electrons. The van der Waals surface area contributed by atoms with E-state index in [0.717, 1.165) is 48.0 Å². The van der Waals surface area contributed by atoms with Gasteiger partial charge in [0.25, 0.3) is 0 Å². The zero-order chi connectivity index (χ0) is 15.4. The van der Waals surface area contributed by atoms with Crippen LogP contribution in [-0.2, 0) is 0 Å². The van der Waals surface area contributed by atoms with Gasteiger partial charge in [-0.2, -0.15) is 0 Å². The maximum absolute atomic E-state index is 8.56. The van der Waals surface area contributed by atoms with E-state index >= 15 is 0 Å². The number of hydrogen-bond acceptors (Lipinski definition) is 0. The van der Waals surface area contributed by atoms with E-state index in [2.05, 4.69) is 0 Å². The summed E-state index contributed by atoms with van der Waals surface area (Å²) in [6.45, 7) is 0. The van der Waals surface area contributed by atoms with Crippen LogP contribution in [-0.4, -0.2) is 0 Å². The third-order valence-corrected chi connectivity index (χ3v) is 3.61. The fourth-order valence-corrected chi connectivity index (χ4v) is 2.57. The Balaban J connectivity index is 2.09. The van der Waals surface area contributed by atoms with Crippen LogP contribution in [0.5, 0.6) is 0 Å². The molecule has 1 aliphatic carbocycles. The van der Waals surface area contributed by atoms with E-state index in [-0.39, 0.29) is 0 Å². The fourth-order valence-electron chi connectivity index (χ4n) is 2.57. The molecule has 3 rings (SSSR count). The van der Waals surface area contributed by atoms with E-state index in [1.165, 1.54) is 0 Å². The Hall–Kier alpha value is -2.08. The van der Waals surface area contributed by atoms with Gasteiger partial charge in [0.15, 0.2) is 0 Å². The second kappa shape index (κ2) is 6.38. The largest absolute Gasteiger partial charge is 0.0632 e. The summed E-state index contributed by atoms with van der Waals surface area (Å²) in [5, 5.41) is 0. The average Bonchev–Trinajstić information content (AvgIpc) is 2.62. The van der Waals surface area contributed by atoms with Crippen LogP contribution < -0.4 is 0 Å². The highest BCUT2D eigenvalue weighted by molar-refractivity contribution is 5.66. The minimum Gasteiger partial charge on any atom is -0.0622 e. The van der Waals surface area contributed by atoms with Crippen molar-refractivity contribution in [3.05, 3.63) is 82.9 Å². The maximum Gasteiger partial charge on any atom is 0.0632 e. The molecule has 20 heavy (non-hydrogen) atoms. The van der Waals surface area contributed by atoms with Gasteiger partial charge in [-0.15, -0.1) is 0 Å². The van der Waals surface area contributed by atoms with E-state index in [4.69, 9.17) is 2.74 Å². The van der Waals surface area contributed by atoms with Gasteiger partial charge in [0, 0.05) is 0 Å². The van der Waals surface area contributed by atoms with Crippen molar-refractivity contribution in [3.8, 4) is 0 Å². The second-order valence-corrected chi connectivity index (χ2v) is 5.15. The number of allylic oxidation sites excluding steroid dienone is 2. The maximum atomic E-state index is 8.56. The highest BCUT2D eigenvalue weighted by Crippen LogP contribution is 2.31. The van der Waals surface area contributed by atoms with Gasteiger partial charge >= 0.3 is 0 Å². The minimum absolute atomic E-state index is 0.580. The van der Waals surface area contributed by atoms with Crippen molar-refractivity contribution in [2.75, 3.05) is 0 Å². The molecule has 1 saturated carbocycles. The lowest BCUT2D eigenvalue weighted by Gasteiger charge is -2.18. The van der Waals surface area contributed by atoms with Crippen LogP contribution in [0.2, 0.25) is 0 Å². The standard InChI is InChI=1S/C20H20/c1-3-9-17(10-4-1)15-19-13-7-8-14-20(19)16-18-11-5-2-6-12-18/h1-6,9-12,15-16H,7-8,13-14H2/i15D,16D. The molecule has 0 heterocycles. The van der Waals surface area contributed by atoms with Crippen molar-refractivity contribution < 1.29 is 2.74 Å². The number of hydrogen-bond donors (Lipinski definition) is 0. The monoisotopic (exact) mass is 262 g/mol. The fraction of sp³-hybridized carbons (Fsp3) is 0.200. The second-order valence-electron chi connectivity index (χ2n) is 5.15. The van der Waals surface area contributed by atoms with E-state index < -0.39 is 0 Å². The molecule has 0 N–H and O–H groups in total. The van der Waals surface area contributed by atoms with Crippen molar-refractivity contribution in [3.63, 3.8) is 0 Å². The first-order valence-electron chi connectivity index (χ1n) is 8.28. The number of benzene rings is 2. The third kappa shape index (κ3) is 3.27. The summed E-state index contributed by atoms with van der Waals surface area (Å²) in [7, 11) is 0. The lowest BCUT2D eigenvalue weighted by atomic mass is 9.87. The van der Waals surface area contributed by atoms with Crippen LogP contribution >= 0.6 is 0 Å². The molecular formula is C20H20. The lowest BCUT2D eigenvalue weighted by Crippen LogP contribution is -1.98. The summed E-state index contributed by atoms with van der Waals surface area (Å²) >= 11 is 0. The van der Waals surface area contributed by atoms with Crippen LogP contribution in [0.3, 0.4) is 0 Å². The molecule has 2 aromatic carbocycles. The van der Waals surface area contributed by atoms with E-state index in [1.807, 2.05) is 60.7 Å². The highest BCUT2D eigenvalue weighted by Gasteiger charge is 2.11. The lowest BCUT2D eigenvalue weighted by molar-refractivity contribution is 0.685. The van der Waals surface area contributed by atoms with E-state index in [9.17, 15) is 0 Å². The Morgan fingerprint density at radius 2 is 1.05 bits per heavy atom. The van der Waals surface area contributed by atoms with E-state index in [0.29, 0.717) is 12.1 Å². The Labute approximate surface area is 124 Å². The predicted molar refractivity (Wildman–Crippen MR) is 87.3 cm³/mol. The molecule has 0 nitrogen and oxygen atoms in total. The minimum atomic E-state index is 0.580. The summed E-state index contributed by atoms with van der Waals surface area (Å²) in [5.41, 5.74) is 3.98. The van der Waals surface area contributed by atoms with Gasteiger partial charge in [0.05, 0.1) is 2.74 Å². The normalized spacial score (nSPS) is 21.8. The summed E-state index contributed by atoms with van der Waals surface area (Å²) in [4.78, 5) is 0. The average molecular weight is 262 g/mol. The molecule has 0 atom stereocenters. The first-order chi connectivity index (χ1) is 10.8. The van der Waals surface area contributed by atoms with Gasteiger partial charge in [0.1, 0.15) is 0 Å². The van der Waals surface area contributed by atoms with Gasteiger partial charge in [0.2, 0.25) is 0 Å². The first-order valence-corrected chi connectivity index (χ1v) is 7.28. The molecule has 1 aliphatic rings. The van der Waals surface area contributed by atoms with Crippen LogP contribution in [0.25, 0.3) is 12.1 Å². The van der Waals surface area contributed by atoms with Crippen molar-refractivity contribution in [1.29, 1.82) is 0 Å². The van der Waals surface area contributed by atoms with Gasteiger partial charge in [-0.1, -0.05) is 72.8 Å². The van der Waals surface area contributed by atoms with Crippen LogP contribution in [0, 0.1) is 0 Å². The summed E-state index contributed by atoms with van der Waals surface area (Å²) in [6, 6.07) is 20.9. The summed E-state index contributed by atoms with van der Waals surface area (Å²) in [6.07, 6.45) is 4.02. The molecule has 0 aromatic heterocycles. The molecule has 0 radical (unpaired) electrons. The molecule has 1 fully saturated rings. The van der Waals surface area contributed by atoms with E-state index in [1.54, 1.807) is 0 Å². The molecule has 0 heteroatoms. The van der Waals surface area contributed by atoms with Crippen molar-refractivity contribution in [2.45, 2.75) is 25.7 Å². The van der Waals surface area contributed by atoms with Crippen molar-refractivity contribution in [2.24, 2.45) is 0 Å². The van der Waals surface area contributed by atoms with Gasteiger partial charge in [-0.05, 0) is 48.0 Å². The van der Waals surface area contributed by atoms with Crippen LogP contribution in [0.15, 0.2) is 71.8 Å². The zero-order valence-electron chi connectivity index (χ0n) is 13.6. The molecular weight excluding hydrogens is 240 g/mol. The molecule has 0 amide bonds. The molecule has 0 bridgehead atoms. The summed E-state index contributed by atoms with van der Waals surface area (Å²) in [5.74, 6) is 0. The topological polar surface area (TPSA) is 0 Å². The number of rotatable bonds is 2. The highest BCUT2D eigenvalue weighted by atomic mass is 14.2. The Bertz CT molecular complexity index is 634. The molecule has 0 aliphatic heterocycles. The molecule has 0 saturated heterocycles. The molecule has 0 unspecified atom stereocenters. The first kappa shape index (κ1) is 10.7. The Morgan fingerprint density at radius 1 is 0.650 bits per heavy atom. The predicted octanol–water partition coefficient (Wildman–Crippen LogP) is 5.73. The van der Waals surface area contributed by atoms with Crippen LogP contribution in [0.4, 0.5) is 0 Å². The van der Waals surface area contributed by atoms with Crippen LogP contribution in [0.1, 0.15) is 39.6 Å². The smallest absolute Gasteiger partial charge is 0.0622 e. The molecule has 0 spiro atoms. The third-order valence-electron chi connectivity index (χ3n) is 3.61. The van der Waals surface area contributed by atoms with Crippen molar-refractivity contribution in [1.82, 2.24) is 0 Å². The quantitative estimate of drug-likeness (QED) is 0.648. The molecule has 2 aromatic rings. The van der Waals surface area contributed by atoms with Crippen molar-refractivity contribution >= 4 is 12.1 Å². The van der Waals surface area contributed by atoms with Gasteiger partial charge < -0.3 is 0 Å². The van der Waals surface area contributed by atoms with Gasteiger partial charge in [-0.3, -0.25) is 0 Å². The summed E-state index contributed by atoms with van der Waals surface area (Å²) < 4.78 is 17.1.